The molecule has 0 bridgehead atoms. The normalized spacial score (nSPS) is 11.1. The molecule has 28 heavy (non-hydrogen) atoms. The second-order valence-corrected chi connectivity index (χ2v) is 8.25. The van der Waals surface area contributed by atoms with Crippen molar-refractivity contribution >= 4 is 34.3 Å². The molecule has 0 saturated heterocycles. The van der Waals surface area contributed by atoms with Gasteiger partial charge in [-0.2, -0.15) is 16.3 Å². The third-order valence-electron chi connectivity index (χ3n) is 4.20. The van der Waals surface area contributed by atoms with E-state index in [0.717, 1.165) is 16.1 Å². The minimum absolute atomic E-state index is 0.158. The summed E-state index contributed by atoms with van der Waals surface area (Å²) < 4.78 is 5.42. The molecule has 0 fully saturated rings. The van der Waals surface area contributed by atoms with E-state index in [4.69, 9.17) is 4.52 Å². The number of nitrogens with zero attached hydrogens (tertiary/aromatic N) is 3. The summed E-state index contributed by atoms with van der Waals surface area (Å²) in [6, 6.07) is 7.68. The van der Waals surface area contributed by atoms with Crippen LogP contribution in [0.2, 0.25) is 0 Å². The van der Waals surface area contributed by atoms with Gasteiger partial charge in [-0.1, -0.05) is 31.1 Å². The number of carbonyl (C=O) groups is 1. The van der Waals surface area contributed by atoms with Crippen LogP contribution in [0.25, 0.3) is 22.0 Å². The zero-order valence-corrected chi connectivity index (χ0v) is 17.2. The number of benzene rings is 1. The summed E-state index contributed by atoms with van der Waals surface area (Å²) in [4.78, 5) is 21.7. The Morgan fingerprint density at radius 2 is 2.04 bits per heavy atom. The van der Waals surface area contributed by atoms with Gasteiger partial charge in [0, 0.05) is 22.2 Å². The van der Waals surface area contributed by atoms with Gasteiger partial charge in [0.15, 0.2) is 5.82 Å². The van der Waals surface area contributed by atoms with Crippen LogP contribution >= 0.6 is 22.7 Å². The molecule has 0 unspecified atom stereocenters. The molecule has 6 nitrogen and oxygen atoms in total. The number of nitrogens with one attached hydrogen (secondary N) is 1. The van der Waals surface area contributed by atoms with Gasteiger partial charge in [0.25, 0.3) is 11.8 Å². The maximum atomic E-state index is 12.8. The monoisotopic (exact) mass is 410 g/mol. The Labute approximate surface area is 170 Å². The second kappa shape index (κ2) is 7.65. The maximum absolute atomic E-state index is 12.8. The van der Waals surface area contributed by atoms with Crippen molar-refractivity contribution < 1.29 is 9.32 Å². The minimum atomic E-state index is -0.267. The van der Waals surface area contributed by atoms with Gasteiger partial charge in [-0.15, -0.1) is 11.3 Å². The number of para-hydroxylation sites is 1. The van der Waals surface area contributed by atoms with Gasteiger partial charge >= 0.3 is 0 Å². The van der Waals surface area contributed by atoms with Crippen molar-refractivity contribution in [1.29, 1.82) is 0 Å². The van der Waals surface area contributed by atoms with Crippen molar-refractivity contribution in [3.63, 3.8) is 0 Å². The third-order valence-corrected chi connectivity index (χ3v) is 5.78. The van der Waals surface area contributed by atoms with E-state index in [1.807, 2.05) is 55.8 Å². The molecule has 1 N–H and O–H groups in total. The molecule has 3 aromatic heterocycles. The molecule has 4 aromatic rings. The van der Waals surface area contributed by atoms with E-state index in [2.05, 4.69) is 20.4 Å². The minimum Gasteiger partial charge on any atom is -0.334 e. The summed E-state index contributed by atoms with van der Waals surface area (Å²) in [5.41, 5.74) is 3.66. The number of carbonyl (C=O) groups excluding carboxylic acids is 1. The average molecular weight is 411 g/mol. The molecule has 4 rings (SSSR count). The molecule has 0 aliphatic rings. The Morgan fingerprint density at radius 1 is 1.18 bits per heavy atom. The van der Waals surface area contributed by atoms with E-state index in [1.165, 1.54) is 11.3 Å². The third kappa shape index (κ3) is 3.61. The van der Waals surface area contributed by atoms with Gasteiger partial charge in [0.05, 0.1) is 11.3 Å². The molecule has 1 aromatic carbocycles. The van der Waals surface area contributed by atoms with Crippen molar-refractivity contribution in [3.05, 3.63) is 57.5 Å². The first kappa shape index (κ1) is 18.5. The Morgan fingerprint density at radius 3 is 2.75 bits per heavy atom. The number of amides is 1. The number of thiophene rings is 1. The number of aryl methyl sites for hydroxylation is 1. The van der Waals surface area contributed by atoms with Crippen LogP contribution in [0, 0.1) is 6.92 Å². The second-order valence-electron chi connectivity index (χ2n) is 6.61. The average Bonchev–Trinajstić information content (AvgIpc) is 3.43. The van der Waals surface area contributed by atoms with Gasteiger partial charge in [-0.3, -0.25) is 4.79 Å². The van der Waals surface area contributed by atoms with E-state index in [0.29, 0.717) is 28.7 Å². The van der Waals surface area contributed by atoms with Crippen molar-refractivity contribution in [3.8, 4) is 22.0 Å². The van der Waals surface area contributed by atoms with Crippen molar-refractivity contribution in [2.24, 2.45) is 0 Å². The lowest BCUT2D eigenvalue weighted by molar-refractivity contribution is 0.102. The summed E-state index contributed by atoms with van der Waals surface area (Å²) in [5, 5.41) is 13.6. The highest BCUT2D eigenvalue weighted by Gasteiger charge is 2.19. The Bertz CT molecular complexity index is 1110. The van der Waals surface area contributed by atoms with Crippen molar-refractivity contribution in [2.75, 3.05) is 5.32 Å². The summed E-state index contributed by atoms with van der Waals surface area (Å²) in [7, 11) is 0. The summed E-state index contributed by atoms with van der Waals surface area (Å²) >= 11 is 3.05. The first-order valence-electron chi connectivity index (χ1n) is 8.76. The standard InChI is InChI=1S/C20H18N4O2S2/c1-11(2)17-23-19(26-24-17)14-6-4-5-12(3)16(14)22-18(25)15-10-28-20(21-15)13-7-8-27-9-13/h4-11H,1-3H3,(H,22,25). The molecule has 1 amide bonds. The maximum Gasteiger partial charge on any atom is 0.275 e. The fourth-order valence-electron chi connectivity index (χ4n) is 2.67. The molecule has 0 radical (unpaired) electrons. The zero-order valence-electron chi connectivity index (χ0n) is 15.6. The largest absolute Gasteiger partial charge is 0.334 e. The smallest absolute Gasteiger partial charge is 0.275 e. The van der Waals surface area contributed by atoms with Gasteiger partial charge in [0.2, 0.25) is 0 Å². The predicted molar refractivity (Wildman–Crippen MR) is 112 cm³/mol. The molecule has 0 aliphatic heterocycles. The first-order valence-corrected chi connectivity index (χ1v) is 10.6. The van der Waals surface area contributed by atoms with E-state index >= 15 is 0 Å². The van der Waals surface area contributed by atoms with Crippen molar-refractivity contribution in [2.45, 2.75) is 26.7 Å². The van der Waals surface area contributed by atoms with Crippen LogP contribution in [0.15, 0.2) is 44.9 Å². The van der Waals surface area contributed by atoms with Crippen LogP contribution in [0.4, 0.5) is 5.69 Å². The molecule has 0 aliphatic carbocycles. The van der Waals surface area contributed by atoms with Crippen LogP contribution in [0.1, 0.15) is 41.6 Å². The number of hydrogen-bond acceptors (Lipinski definition) is 7. The summed E-state index contributed by atoms with van der Waals surface area (Å²) in [6.45, 7) is 5.93. The highest BCUT2D eigenvalue weighted by molar-refractivity contribution is 7.14. The van der Waals surface area contributed by atoms with Crippen LogP contribution in [-0.4, -0.2) is 21.0 Å². The lowest BCUT2D eigenvalue weighted by Gasteiger charge is -2.10. The van der Waals surface area contributed by atoms with Gasteiger partial charge in [-0.25, -0.2) is 4.98 Å². The molecule has 0 spiro atoms. The molecule has 0 atom stereocenters. The molecule has 142 valence electrons. The van der Waals surface area contributed by atoms with Gasteiger partial charge in [0.1, 0.15) is 10.7 Å². The van der Waals surface area contributed by atoms with E-state index in [-0.39, 0.29) is 11.8 Å². The van der Waals surface area contributed by atoms with E-state index in [9.17, 15) is 4.79 Å². The number of anilines is 1. The fraction of sp³-hybridized carbons (Fsp3) is 0.200. The SMILES string of the molecule is Cc1cccc(-c2nc(C(C)C)no2)c1NC(=O)c1csc(-c2ccsc2)n1. The number of rotatable bonds is 5. The topological polar surface area (TPSA) is 80.9 Å². The zero-order chi connectivity index (χ0) is 19.7. The van der Waals surface area contributed by atoms with Gasteiger partial charge < -0.3 is 9.84 Å². The summed E-state index contributed by atoms with van der Waals surface area (Å²) in [6.07, 6.45) is 0. The Hall–Kier alpha value is -2.84. The van der Waals surface area contributed by atoms with Crippen molar-refractivity contribution in [1.82, 2.24) is 15.1 Å². The number of aromatic nitrogens is 3. The summed E-state index contributed by atoms with van der Waals surface area (Å²) in [5.74, 6) is 0.913. The lowest BCUT2D eigenvalue weighted by atomic mass is 10.1. The number of thiazole rings is 1. The Balaban J connectivity index is 1.63. The molecular weight excluding hydrogens is 392 g/mol. The molecule has 8 heteroatoms. The van der Waals surface area contributed by atoms with E-state index < -0.39 is 0 Å². The lowest BCUT2D eigenvalue weighted by Crippen LogP contribution is -2.14. The Kier molecular flexibility index (Phi) is 5.06. The van der Waals surface area contributed by atoms with Crippen LogP contribution < -0.4 is 5.32 Å². The highest BCUT2D eigenvalue weighted by Crippen LogP contribution is 2.31. The number of hydrogen-bond donors (Lipinski definition) is 1. The molecule has 3 heterocycles. The quantitative estimate of drug-likeness (QED) is 0.463. The first-order chi connectivity index (χ1) is 13.5. The molecule has 0 saturated carbocycles. The fourth-order valence-corrected chi connectivity index (χ4v) is 4.18. The van der Waals surface area contributed by atoms with Gasteiger partial charge in [-0.05, 0) is 30.0 Å². The molecular formula is C20H18N4O2S2. The van der Waals surface area contributed by atoms with Crippen LogP contribution in [-0.2, 0) is 0 Å². The predicted octanol–water partition coefficient (Wildman–Crippen LogP) is 5.61. The van der Waals surface area contributed by atoms with E-state index in [1.54, 1.807) is 16.7 Å². The highest BCUT2D eigenvalue weighted by atomic mass is 32.1. The van der Waals surface area contributed by atoms with Crippen LogP contribution in [0.3, 0.4) is 0 Å². The van der Waals surface area contributed by atoms with Crippen LogP contribution in [0.5, 0.6) is 0 Å².